The Morgan fingerprint density at radius 3 is 3.15 bits per heavy atom. The second kappa shape index (κ2) is 5.32. The highest BCUT2D eigenvalue weighted by atomic mass is 16.5. The Morgan fingerprint density at radius 1 is 1.40 bits per heavy atom. The maximum Gasteiger partial charge on any atom is 0.147 e. The van der Waals surface area contributed by atoms with Crippen molar-refractivity contribution in [3.05, 3.63) is 58.9 Å². The highest BCUT2D eigenvalue weighted by Crippen LogP contribution is 2.32. The Kier molecular flexibility index (Phi) is 3.36. The van der Waals surface area contributed by atoms with E-state index in [0.29, 0.717) is 12.3 Å². The standard InChI is InChI=1S/C16H15N3O/c17-9-16-12(2-1-7-19-16)10-20-13-4-5-14-11(8-13)3-6-15(14)18/h1-2,4-5,7-8,15H,3,6,10,18H2/t15-/m1/s1. The fourth-order valence-corrected chi connectivity index (χ4v) is 2.53. The molecule has 3 rings (SSSR count). The number of nitriles is 1. The average Bonchev–Trinajstić information content (AvgIpc) is 2.86. The van der Waals surface area contributed by atoms with E-state index < -0.39 is 0 Å². The summed E-state index contributed by atoms with van der Waals surface area (Å²) in [6, 6.07) is 11.9. The van der Waals surface area contributed by atoms with Crippen LogP contribution < -0.4 is 10.5 Å². The highest BCUT2D eigenvalue weighted by molar-refractivity contribution is 5.40. The molecule has 2 aromatic rings. The van der Waals surface area contributed by atoms with Gasteiger partial charge in [0.1, 0.15) is 24.1 Å². The first kappa shape index (κ1) is 12.6. The van der Waals surface area contributed by atoms with Gasteiger partial charge >= 0.3 is 0 Å². The van der Waals surface area contributed by atoms with Crippen molar-refractivity contribution in [3.8, 4) is 11.8 Å². The lowest BCUT2D eigenvalue weighted by Crippen LogP contribution is -2.05. The van der Waals surface area contributed by atoms with E-state index in [0.717, 1.165) is 24.2 Å². The molecule has 100 valence electrons. The van der Waals surface area contributed by atoms with Gasteiger partial charge in [-0.25, -0.2) is 4.98 Å². The SMILES string of the molecule is N#Cc1ncccc1COc1ccc2c(c1)CC[C@H]2N. The number of aryl methyl sites for hydroxylation is 1. The first-order valence-electron chi connectivity index (χ1n) is 6.63. The zero-order valence-electron chi connectivity index (χ0n) is 11.0. The molecule has 20 heavy (non-hydrogen) atoms. The Morgan fingerprint density at radius 2 is 2.30 bits per heavy atom. The predicted molar refractivity (Wildman–Crippen MR) is 75.0 cm³/mol. The smallest absolute Gasteiger partial charge is 0.147 e. The predicted octanol–water partition coefficient (Wildman–Crippen LogP) is 2.48. The zero-order chi connectivity index (χ0) is 13.9. The van der Waals surface area contributed by atoms with Crippen LogP contribution in [0.2, 0.25) is 0 Å². The summed E-state index contributed by atoms with van der Waals surface area (Å²) in [4.78, 5) is 4.02. The van der Waals surface area contributed by atoms with Gasteiger partial charge in [0.2, 0.25) is 0 Å². The molecule has 1 aliphatic rings. The molecule has 0 aliphatic heterocycles. The maximum atomic E-state index is 8.99. The molecule has 0 unspecified atom stereocenters. The van der Waals surface area contributed by atoms with Crippen molar-refractivity contribution < 1.29 is 4.74 Å². The van der Waals surface area contributed by atoms with Crippen molar-refractivity contribution in [2.24, 2.45) is 5.73 Å². The van der Waals surface area contributed by atoms with E-state index in [2.05, 4.69) is 11.1 Å². The minimum atomic E-state index is 0.155. The maximum absolute atomic E-state index is 8.99. The minimum Gasteiger partial charge on any atom is -0.489 e. The van der Waals surface area contributed by atoms with Gasteiger partial charge in [0.25, 0.3) is 0 Å². The van der Waals surface area contributed by atoms with Gasteiger partial charge in [0.05, 0.1) is 0 Å². The van der Waals surface area contributed by atoms with Gasteiger partial charge in [-0.2, -0.15) is 5.26 Å². The van der Waals surface area contributed by atoms with Crippen LogP contribution in [0.1, 0.15) is 34.8 Å². The molecule has 1 aliphatic carbocycles. The number of hydrogen-bond donors (Lipinski definition) is 1. The largest absolute Gasteiger partial charge is 0.489 e. The van der Waals surface area contributed by atoms with Crippen LogP contribution in [0.3, 0.4) is 0 Å². The summed E-state index contributed by atoms with van der Waals surface area (Å²) in [5.74, 6) is 0.811. The van der Waals surface area contributed by atoms with Crippen LogP contribution in [0, 0.1) is 11.3 Å². The molecule has 0 saturated carbocycles. The molecule has 0 saturated heterocycles. The summed E-state index contributed by atoms with van der Waals surface area (Å²) < 4.78 is 5.76. The lowest BCUT2D eigenvalue weighted by molar-refractivity contribution is 0.305. The van der Waals surface area contributed by atoms with Crippen LogP contribution in [0.25, 0.3) is 0 Å². The van der Waals surface area contributed by atoms with Gasteiger partial charge in [-0.05, 0) is 42.2 Å². The molecule has 0 radical (unpaired) electrons. The number of ether oxygens (including phenoxy) is 1. The van der Waals surface area contributed by atoms with Crippen molar-refractivity contribution >= 4 is 0 Å². The molecule has 1 aromatic heterocycles. The monoisotopic (exact) mass is 265 g/mol. The molecule has 0 amide bonds. The van der Waals surface area contributed by atoms with Gasteiger partial charge < -0.3 is 10.5 Å². The van der Waals surface area contributed by atoms with E-state index in [1.165, 1.54) is 11.1 Å². The van der Waals surface area contributed by atoms with Crippen molar-refractivity contribution in [3.63, 3.8) is 0 Å². The second-order valence-corrected chi connectivity index (χ2v) is 4.92. The summed E-state index contributed by atoms with van der Waals surface area (Å²) in [6.07, 6.45) is 3.61. The molecular formula is C16H15N3O. The van der Waals surface area contributed by atoms with Gasteiger partial charge in [0.15, 0.2) is 0 Å². The fraction of sp³-hybridized carbons (Fsp3) is 0.250. The Bertz CT molecular complexity index is 676. The van der Waals surface area contributed by atoms with Crippen LogP contribution in [-0.4, -0.2) is 4.98 Å². The third-order valence-electron chi connectivity index (χ3n) is 3.63. The Labute approximate surface area is 117 Å². The molecular weight excluding hydrogens is 250 g/mol. The minimum absolute atomic E-state index is 0.155. The quantitative estimate of drug-likeness (QED) is 0.925. The Balaban J connectivity index is 1.75. The lowest BCUT2D eigenvalue weighted by Gasteiger charge is -2.10. The number of rotatable bonds is 3. The average molecular weight is 265 g/mol. The number of nitrogens with two attached hydrogens (primary N) is 1. The van der Waals surface area contributed by atoms with Crippen LogP contribution >= 0.6 is 0 Å². The summed E-state index contributed by atoms with van der Waals surface area (Å²) >= 11 is 0. The first-order chi connectivity index (χ1) is 9.78. The number of aromatic nitrogens is 1. The van der Waals surface area contributed by atoms with Crippen LogP contribution in [0.5, 0.6) is 5.75 Å². The molecule has 1 atom stereocenters. The van der Waals surface area contributed by atoms with E-state index in [1.807, 2.05) is 24.3 Å². The number of fused-ring (bicyclic) bond motifs is 1. The van der Waals surface area contributed by atoms with Gasteiger partial charge in [-0.1, -0.05) is 12.1 Å². The normalized spacial score (nSPS) is 16.5. The van der Waals surface area contributed by atoms with Crippen molar-refractivity contribution in [1.82, 2.24) is 4.98 Å². The van der Waals surface area contributed by atoms with Crippen LogP contribution in [-0.2, 0) is 13.0 Å². The van der Waals surface area contributed by atoms with Gasteiger partial charge in [0, 0.05) is 17.8 Å². The Hall–Kier alpha value is -2.38. The third kappa shape index (κ3) is 2.36. The van der Waals surface area contributed by atoms with Crippen molar-refractivity contribution in [2.75, 3.05) is 0 Å². The number of nitrogens with zero attached hydrogens (tertiary/aromatic N) is 2. The van der Waals surface area contributed by atoms with Gasteiger partial charge in [-0.15, -0.1) is 0 Å². The highest BCUT2D eigenvalue weighted by Gasteiger charge is 2.19. The summed E-state index contributed by atoms with van der Waals surface area (Å²) in [5, 5.41) is 8.99. The molecule has 0 bridgehead atoms. The summed E-state index contributed by atoms with van der Waals surface area (Å²) in [7, 11) is 0. The lowest BCUT2D eigenvalue weighted by atomic mass is 10.1. The third-order valence-corrected chi connectivity index (χ3v) is 3.63. The molecule has 0 fully saturated rings. The van der Waals surface area contributed by atoms with E-state index in [1.54, 1.807) is 12.3 Å². The fourth-order valence-electron chi connectivity index (χ4n) is 2.53. The molecule has 4 nitrogen and oxygen atoms in total. The van der Waals surface area contributed by atoms with E-state index in [9.17, 15) is 0 Å². The van der Waals surface area contributed by atoms with E-state index in [-0.39, 0.29) is 6.04 Å². The molecule has 4 heteroatoms. The number of benzene rings is 1. The topological polar surface area (TPSA) is 71.9 Å². The molecule has 1 heterocycles. The van der Waals surface area contributed by atoms with E-state index in [4.69, 9.17) is 15.7 Å². The first-order valence-corrected chi connectivity index (χ1v) is 6.63. The van der Waals surface area contributed by atoms with E-state index >= 15 is 0 Å². The number of pyridine rings is 1. The van der Waals surface area contributed by atoms with Crippen LogP contribution in [0.15, 0.2) is 36.5 Å². The number of hydrogen-bond acceptors (Lipinski definition) is 4. The molecule has 1 aromatic carbocycles. The van der Waals surface area contributed by atoms with Crippen molar-refractivity contribution in [1.29, 1.82) is 5.26 Å². The summed E-state index contributed by atoms with van der Waals surface area (Å²) in [6.45, 7) is 0.349. The van der Waals surface area contributed by atoms with Gasteiger partial charge in [-0.3, -0.25) is 0 Å². The molecule has 0 spiro atoms. The van der Waals surface area contributed by atoms with Crippen LogP contribution in [0.4, 0.5) is 0 Å². The molecule has 2 N–H and O–H groups in total. The van der Waals surface area contributed by atoms with Crippen molar-refractivity contribution in [2.45, 2.75) is 25.5 Å². The summed E-state index contributed by atoms with van der Waals surface area (Å²) in [5.41, 5.74) is 9.71. The zero-order valence-corrected chi connectivity index (χ0v) is 11.0. The second-order valence-electron chi connectivity index (χ2n) is 4.92.